The number of rotatable bonds is 5. The molecule has 0 fully saturated rings. The number of hydrogen-bond acceptors (Lipinski definition) is 1. The second-order valence-corrected chi connectivity index (χ2v) is 2.14. The minimum atomic E-state index is -4.97. The number of ether oxygens (including phenoxy) is 1. The van der Waals surface area contributed by atoms with E-state index in [0.29, 0.717) is 0 Å². The van der Waals surface area contributed by atoms with Crippen molar-refractivity contribution < 1.29 is 35.5 Å². The molecule has 0 aromatic heterocycles. The second-order valence-electron chi connectivity index (χ2n) is 2.14. The van der Waals surface area contributed by atoms with Crippen molar-refractivity contribution in [1.29, 1.82) is 0 Å². The van der Waals surface area contributed by atoms with Gasteiger partial charge < -0.3 is 4.74 Å². The second kappa shape index (κ2) is 4.12. The molecule has 0 saturated heterocycles. The van der Waals surface area contributed by atoms with E-state index < -0.39 is 31.7 Å². The van der Waals surface area contributed by atoms with Crippen LogP contribution in [0.3, 0.4) is 0 Å². The Hall–Kier alpha value is -0.530. The normalized spacial score (nSPS) is 13.8. The topological polar surface area (TPSA) is 9.23 Å². The summed E-state index contributed by atoms with van der Waals surface area (Å²) in [6.45, 7) is -4.33. The molecule has 0 spiro atoms. The predicted octanol–water partition coefficient (Wildman–Crippen LogP) is 2.47. The highest BCUT2D eigenvalue weighted by atomic mass is 19.3. The zero-order chi connectivity index (χ0) is 10.7. The van der Waals surface area contributed by atoms with Gasteiger partial charge in [0.2, 0.25) is 0 Å². The molecule has 0 aliphatic carbocycles. The number of alkyl halides is 7. The summed E-state index contributed by atoms with van der Waals surface area (Å²) in [6.07, 6.45) is -9.19. The third-order valence-electron chi connectivity index (χ3n) is 0.925. The Labute approximate surface area is 68.5 Å². The first-order valence-electron chi connectivity index (χ1n) is 2.95. The first-order chi connectivity index (χ1) is 5.71. The molecule has 0 unspecified atom stereocenters. The first-order valence-corrected chi connectivity index (χ1v) is 2.95. The van der Waals surface area contributed by atoms with Crippen LogP contribution >= 0.6 is 0 Å². The third-order valence-corrected chi connectivity index (χ3v) is 0.925. The van der Waals surface area contributed by atoms with Gasteiger partial charge in [0.25, 0.3) is 5.92 Å². The van der Waals surface area contributed by atoms with Gasteiger partial charge in [-0.1, -0.05) is 0 Å². The van der Waals surface area contributed by atoms with Crippen molar-refractivity contribution in [3.05, 3.63) is 0 Å². The molecule has 0 heterocycles. The van der Waals surface area contributed by atoms with Crippen LogP contribution in [0.4, 0.5) is 30.7 Å². The van der Waals surface area contributed by atoms with Crippen LogP contribution in [0, 0.1) is 0 Å². The Kier molecular flexibility index (Phi) is 3.95. The van der Waals surface area contributed by atoms with Gasteiger partial charge in [-0.15, -0.1) is 0 Å². The van der Waals surface area contributed by atoms with E-state index in [1.165, 1.54) is 0 Å². The summed E-state index contributed by atoms with van der Waals surface area (Å²) in [5.41, 5.74) is 0. The Bertz CT molecular complexity index is 157. The molecule has 0 N–H and O–H groups in total. The minimum Gasteiger partial charge on any atom is -0.310 e. The van der Waals surface area contributed by atoms with E-state index in [9.17, 15) is 30.7 Å². The van der Waals surface area contributed by atoms with Gasteiger partial charge >= 0.3 is 12.5 Å². The molecule has 0 rings (SSSR count). The average molecular weight is 214 g/mol. The fourth-order valence-electron chi connectivity index (χ4n) is 0.303. The van der Waals surface area contributed by atoms with Crippen LogP contribution in [0.1, 0.15) is 0 Å². The zero-order valence-electron chi connectivity index (χ0n) is 6.05. The van der Waals surface area contributed by atoms with E-state index in [4.69, 9.17) is 0 Å². The van der Waals surface area contributed by atoms with E-state index in [-0.39, 0.29) is 0 Å². The lowest BCUT2D eigenvalue weighted by molar-refractivity contribution is -0.318. The van der Waals surface area contributed by atoms with Crippen molar-refractivity contribution in [2.24, 2.45) is 0 Å². The summed E-state index contributed by atoms with van der Waals surface area (Å²) in [7, 11) is 0. The highest BCUT2D eigenvalue weighted by Crippen LogP contribution is 2.27. The fourth-order valence-corrected chi connectivity index (χ4v) is 0.303. The highest BCUT2D eigenvalue weighted by Gasteiger charge is 2.45. The maximum Gasteiger partial charge on any atom is 0.416 e. The average Bonchev–Trinajstić information content (AvgIpc) is 2.01. The van der Waals surface area contributed by atoms with Gasteiger partial charge in [0.05, 0.1) is 0 Å². The van der Waals surface area contributed by atoms with Crippen molar-refractivity contribution in [3.8, 4) is 0 Å². The molecule has 0 aliphatic heterocycles. The number of halogens is 7. The molecule has 0 radical (unpaired) electrons. The number of hydrogen-bond donors (Lipinski definition) is 0. The Balaban J connectivity index is 4.02. The van der Waals surface area contributed by atoms with E-state index in [0.717, 1.165) is 0 Å². The molecule has 0 amide bonds. The van der Waals surface area contributed by atoms with E-state index >= 15 is 0 Å². The van der Waals surface area contributed by atoms with Crippen LogP contribution in [0.15, 0.2) is 0 Å². The standard InChI is InChI=1S/C5H5F7O/c6-1-4(9,10)2-13-5(11,12)3(7)8/h3H,1-2H2. The maximum atomic E-state index is 11.9. The third kappa shape index (κ3) is 4.30. The highest BCUT2D eigenvalue weighted by molar-refractivity contribution is 4.65. The van der Waals surface area contributed by atoms with Crippen molar-refractivity contribution in [3.63, 3.8) is 0 Å². The van der Waals surface area contributed by atoms with Crippen LogP contribution in [0.25, 0.3) is 0 Å². The summed E-state index contributed by atoms with van der Waals surface area (Å²) in [4.78, 5) is 0. The molecule has 0 saturated carbocycles. The van der Waals surface area contributed by atoms with E-state index in [1.54, 1.807) is 0 Å². The molecule has 80 valence electrons. The molecular weight excluding hydrogens is 209 g/mol. The van der Waals surface area contributed by atoms with Gasteiger partial charge in [0.15, 0.2) is 6.67 Å². The van der Waals surface area contributed by atoms with Gasteiger partial charge in [0.1, 0.15) is 6.61 Å². The van der Waals surface area contributed by atoms with Gasteiger partial charge in [0, 0.05) is 0 Å². The lowest BCUT2D eigenvalue weighted by Crippen LogP contribution is -2.36. The SMILES string of the molecule is FCC(F)(F)COC(F)(F)C(F)F. The lowest BCUT2D eigenvalue weighted by Gasteiger charge is -2.18. The summed E-state index contributed by atoms with van der Waals surface area (Å²) < 4.78 is 84.0. The van der Waals surface area contributed by atoms with E-state index in [1.807, 2.05) is 0 Å². The summed E-state index contributed by atoms with van der Waals surface area (Å²) in [5, 5.41) is 0. The van der Waals surface area contributed by atoms with Crippen LogP contribution in [0.5, 0.6) is 0 Å². The van der Waals surface area contributed by atoms with Gasteiger partial charge in [-0.05, 0) is 0 Å². The van der Waals surface area contributed by atoms with Crippen LogP contribution in [-0.2, 0) is 4.74 Å². The Morgan fingerprint density at radius 1 is 1.08 bits per heavy atom. The first kappa shape index (κ1) is 12.5. The van der Waals surface area contributed by atoms with Crippen LogP contribution in [-0.4, -0.2) is 31.7 Å². The molecule has 0 bridgehead atoms. The van der Waals surface area contributed by atoms with Gasteiger partial charge in [-0.25, -0.2) is 22.0 Å². The molecule has 0 aromatic carbocycles. The Morgan fingerprint density at radius 3 is 1.85 bits per heavy atom. The summed E-state index contributed by atoms with van der Waals surface area (Å²) in [6, 6.07) is 0. The molecular formula is C5H5F7O. The molecule has 0 atom stereocenters. The smallest absolute Gasteiger partial charge is 0.310 e. The van der Waals surface area contributed by atoms with Gasteiger partial charge in [-0.2, -0.15) is 8.78 Å². The monoisotopic (exact) mass is 214 g/mol. The lowest BCUT2D eigenvalue weighted by atomic mass is 10.4. The fraction of sp³-hybridized carbons (Fsp3) is 1.00. The zero-order valence-corrected chi connectivity index (χ0v) is 6.05. The van der Waals surface area contributed by atoms with Crippen molar-refractivity contribution >= 4 is 0 Å². The van der Waals surface area contributed by atoms with Crippen LogP contribution in [0.2, 0.25) is 0 Å². The minimum absolute atomic E-state index is 2.08. The maximum absolute atomic E-state index is 11.9. The van der Waals surface area contributed by atoms with E-state index in [2.05, 4.69) is 4.74 Å². The predicted molar refractivity (Wildman–Crippen MR) is 27.8 cm³/mol. The molecule has 0 aliphatic rings. The quantitative estimate of drug-likeness (QED) is 0.638. The van der Waals surface area contributed by atoms with Gasteiger partial charge in [-0.3, -0.25) is 0 Å². The Morgan fingerprint density at radius 2 is 1.54 bits per heavy atom. The largest absolute Gasteiger partial charge is 0.416 e. The van der Waals surface area contributed by atoms with Crippen molar-refractivity contribution in [1.82, 2.24) is 0 Å². The van der Waals surface area contributed by atoms with Crippen LogP contribution < -0.4 is 0 Å². The summed E-state index contributed by atoms with van der Waals surface area (Å²) >= 11 is 0. The molecule has 0 aromatic rings. The van der Waals surface area contributed by atoms with Crippen molar-refractivity contribution in [2.75, 3.05) is 13.3 Å². The molecule has 8 heteroatoms. The molecule has 1 nitrogen and oxygen atoms in total. The van der Waals surface area contributed by atoms with Crippen molar-refractivity contribution in [2.45, 2.75) is 18.5 Å². The summed E-state index contributed by atoms with van der Waals surface area (Å²) in [5.74, 6) is -4.17. The molecule has 13 heavy (non-hydrogen) atoms.